The van der Waals surface area contributed by atoms with Crippen LogP contribution in [0.4, 0.5) is 0 Å². The molecule has 7 nitrogen and oxygen atoms in total. The van der Waals surface area contributed by atoms with E-state index in [0.29, 0.717) is 0 Å². The lowest BCUT2D eigenvalue weighted by Gasteiger charge is -2.31. The van der Waals surface area contributed by atoms with Crippen LogP contribution in [0.25, 0.3) is 0 Å². The number of hydrogen-bond donors (Lipinski definition) is 1. The lowest BCUT2D eigenvalue weighted by atomic mass is 10.5. The maximum atomic E-state index is 11.2. The van der Waals surface area contributed by atoms with Crippen LogP contribution in [-0.4, -0.2) is 64.8 Å². The Balaban J connectivity index is 5.12. The number of sulfonamides is 2. The first kappa shape index (κ1) is 14.8. The Kier molecular flexibility index (Phi) is 4.67. The Bertz CT molecular complexity index is 364. The van der Waals surface area contributed by atoms with Gasteiger partial charge < -0.3 is 5.73 Å². The summed E-state index contributed by atoms with van der Waals surface area (Å²) >= 11 is 0. The van der Waals surface area contributed by atoms with Crippen LogP contribution in [0, 0.1) is 0 Å². The van der Waals surface area contributed by atoms with Gasteiger partial charge in [-0.05, 0) is 0 Å². The third-order valence-corrected chi connectivity index (χ3v) is 4.68. The molecule has 0 atom stereocenters. The zero-order chi connectivity index (χ0) is 12.4. The molecular formula is C6H17N3O4S2. The topological polar surface area (TPSA) is 101 Å². The molecule has 15 heavy (non-hydrogen) atoms. The molecule has 0 amide bonds. The normalized spacial score (nSPS) is 14.1. The van der Waals surface area contributed by atoms with Crippen molar-refractivity contribution in [1.82, 2.24) is 8.61 Å². The van der Waals surface area contributed by atoms with Gasteiger partial charge in [0, 0.05) is 20.6 Å². The minimum Gasteiger partial charge on any atom is -0.328 e. The first-order chi connectivity index (χ1) is 6.51. The molecule has 0 aliphatic rings. The molecule has 0 rings (SSSR count). The predicted octanol–water partition coefficient (Wildman–Crippen LogP) is -1.95. The van der Waals surface area contributed by atoms with Crippen molar-refractivity contribution < 1.29 is 16.8 Å². The SMILES string of the molecule is CN(C(CN)N(C)S(C)(=O)=O)S(C)(=O)=O. The lowest BCUT2D eigenvalue weighted by molar-refractivity contribution is 0.238. The standard InChI is InChI=1S/C6H17N3O4S2/c1-8(14(3,10)11)6(5-7)9(2)15(4,12)13/h6H,5,7H2,1-4H3. The fourth-order valence-corrected chi connectivity index (χ4v) is 2.37. The van der Waals surface area contributed by atoms with Gasteiger partial charge in [0.1, 0.15) is 6.17 Å². The highest BCUT2D eigenvalue weighted by Crippen LogP contribution is 2.08. The van der Waals surface area contributed by atoms with Crippen molar-refractivity contribution in [2.24, 2.45) is 5.73 Å². The third kappa shape index (κ3) is 4.03. The lowest BCUT2D eigenvalue weighted by Crippen LogP contribution is -2.52. The highest BCUT2D eigenvalue weighted by molar-refractivity contribution is 7.89. The molecule has 0 fully saturated rings. The van der Waals surface area contributed by atoms with Gasteiger partial charge in [-0.3, -0.25) is 0 Å². The summed E-state index contributed by atoms with van der Waals surface area (Å²) in [5, 5.41) is 0. The zero-order valence-corrected chi connectivity index (χ0v) is 10.8. The van der Waals surface area contributed by atoms with Crippen molar-refractivity contribution in [3.63, 3.8) is 0 Å². The van der Waals surface area contributed by atoms with Gasteiger partial charge in [0.05, 0.1) is 12.5 Å². The largest absolute Gasteiger partial charge is 0.328 e. The molecule has 0 aliphatic carbocycles. The maximum Gasteiger partial charge on any atom is 0.212 e. The van der Waals surface area contributed by atoms with Crippen LogP contribution in [0.3, 0.4) is 0 Å². The van der Waals surface area contributed by atoms with Crippen molar-refractivity contribution in [3.8, 4) is 0 Å². The second kappa shape index (κ2) is 4.74. The van der Waals surface area contributed by atoms with Crippen molar-refractivity contribution in [3.05, 3.63) is 0 Å². The Labute approximate surface area is 90.9 Å². The Morgan fingerprint density at radius 3 is 1.40 bits per heavy atom. The van der Waals surface area contributed by atoms with Crippen molar-refractivity contribution in [2.75, 3.05) is 33.2 Å². The average Bonchev–Trinajstić information content (AvgIpc) is 2.01. The summed E-state index contributed by atoms with van der Waals surface area (Å²) < 4.78 is 46.7. The van der Waals surface area contributed by atoms with E-state index in [-0.39, 0.29) is 6.54 Å². The predicted molar refractivity (Wildman–Crippen MR) is 58.1 cm³/mol. The van der Waals surface area contributed by atoms with E-state index in [2.05, 4.69) is 0 Å². The highest BCUT2D eigenvalue weighted by atomic mass is 32.2. The second-order valence-electron chi connectivity index (χ2n) is 3.27. The summed E-state index contributed by atoms with van der Waals surface area (Å²) in [4.78, 5) is 0. The Hall–Kier alpha value is -0.220. The molecule has 0 spiro atoms. The summed E-state index contributed by atoms with van der Waals surface area (Å²) in [7, 11) is -4.37. The van der Waals surface area contributed by atoms with Crippen LogP contribution in [-0.2, 0) is 20.0 Å². The molecule has 0 saturated heterocycles. The molecule has 0 saturated carbocycles. The van der Waals surface area contributed by atoms with E-state index >= 15 is 0 Å². The van der Waals surface area contributed by atoms with Gasteiger partial charge in [0.2, 0.25) is 20.0 Å². The third-order valence-electron chi connectivity index (χ3n) is 2.10. The van der Waals surface area contributed by atoms with Gasteiger partial charge in [0.25, 0.3) is 0 Å². The van der Waals surface area contributed by atoms with Gasteiger partial charge in [0.15, 0.2) is 0 Å². The minimum absolute atomic E-state index is 0.104. The summed E-state index contributed by atoms with van der Waals surface area (Å²) in [5.41, 5.74) is 5.36. The van der Waals surface area contributed by atoms with Crippen LogP contribution in [0.15, 0.2) is 0 Å². The smallest absolute Gasteiger partial charge is 0.212 e. The van der Waals surface area contributed by atoms with E-state index < -0.39 is 26.2 Å². The molecule has 0 aromatic rings. The van der Waals surface area contributed by atoms with Gasteiger partial charge in [-0.25, -0.2) is 16.8 Å². The minimum atomic E-state index is -3.47. The Morgan fingerprint density at radius 1 is 1.00 bits per heavy atom. The van der Waals surface area contributed by atoms with Crippen LogP contribution < -0.4 is 5.73 Å². The van der Waals surface area contributed by atoms with Crippen molar-refractivity contribution in [1.29, 1.82) is 0 Å². The van der Waals surface area contributed by atoms with Gasteiger partial charge in [-0.15, -0.1) is 0 Å². The zero-order valence-electron chi connectivity index (χ0n) is 9.21. The average molecular weight is 259 g/mol. The summed E-state index contributed by atoms with van der Waals surface area (Å²) in [6.07, 6.45) is 1.09. The molecule has 0 radical (unpaired) electrons. The first-order valence-corrected chi connectivity index (χ1v) is 7.77. The number of likely N-dealkylation sites (N-methyl/N-ethyl adjacent to an activating group) is 2. The van der Waals surface area contributed by atoms with Gasteiger partial charge in [-0.2, -0.15) is 8.61 Å². The molecule has 0 aliphatic heterocycles. The number of rotatable bonds is 5. The summed E-state index contributed by atoms with van der Waals surface area (Å²) in [6.45, 7) is -0.104. The molecule has 0 unspecified atom stereocenters. The van der Waals surface area contributed by atoms with Gasteiger partial charge in [-0.1, -0.05) is 0 Å². The number of hydrogen-bond acceptors (Lipinski definition) is 5. The van der Waals surface area contributed by atoms with E-state index in [1.54, 1.807) is 0 Å². The van der Waals surface area contributed by atoms with Gasteiger partial charge >= 0.3 is 0 Å². The van der Waals surface area contributed by atoms with E-state index in [9.17, 15) is 16.8 Å². The monoisotopic (exact) mass is 259 g/mol. The van der Waals surface area contributed by atoms with Crippen molar-refractivity contribution in [2.45, 2.75) is 6.17 Å². The van der Waals surface area contributed by atoms with Crippen molar-refractivity contribution >= 4 is 20.0 Å². The highest BCUT2D eigenvalue weighted by Gasteiger charge is 2.29. The van der Waals surface area contributed by atoms with E-state index in [4.69, 9.17) is 5.73 Å². The molecule has 0 aromatic carbocycles. The van der Waals surface area contributed by atoms with Crippen LogP contribution in [0.1, 0.15) is 0 Å². The fraction of sp³-hybridized carbons (Fsp3) is 1.00. The molecular weight excluding hydrogens is 242 g/mol. The Morgan fingerprint density at radius 2 is 1.27 bits per heavy atom. The van der Waals surface area contributed by atoms with E-state index in [0.717, 1.165) is 21.1 Å². The van der Waals surface area contributed by atoms with Crippen LogP contribution in [0.5, 0.6) is 0 Å². The molecule has 0 bridgehead atoms. The molecule has 9 heteroatoms. The van der Waals surface area contributed by atoms with E-state index in [1.165, 1.54) is 14.1 Å². The first-order valence-electron chi connectivity index (χ1n) is 4.08. The summed E-state index contributed by atoms with van der Waals surface area (Å²) in [6, 6.07) is 0. The van der Waals surface area contributed by atoms with Crippen LogP contribution >= 0.6 is 0 Å². The molecule has 0 heterocycles. The fourth-order valence-electron chi connectivity index (χ4n) is 0.968. The van der Waals surface area contributed by atoms with E-state index in [1.807, 2.05) is 0 Å². The number of nitrogens with zero attached hydrogens (tertiary/aromatic N) is 2. The molecule has 92 valence electrons. The quantitative estimate of drug-likeness (QED) is 0.579. The molecule has 0 aromatic heterocycles. The maximum absolute atomic E-state index is 11.2. The summed E-state index contributed by atoms with van der Waals surface area (Å²) in [5.74, 6) is 0. The second-order valence-corrected chi connectivity index (χ2v) is 7.36. The number of nitrogens with two attached hydrogens (primary N) is 1. The molecule has 2 N–H and O–H groups in total. The van der Waals surface area contributed by atoms with Crippen LogP contribution in [0.2, 0.25) is 0 Å².